The van der Waals surface area contributed by atoms with E-state index in [4.69, 9.17) is 4.42 Å². The molecule has 29 heavy (non-hydrogen) atoms. The van der Waals surface area contributed by atoms with Crippen LogP contribution >= 0.6 is 0 Å². The predicted octanol–water partition coefficient (Wildman–Crippen LogP) is 5.33. The van der Waals surface area contributed by atoms with Crippen LogP contribution in [0.2, 0.25) is 0 Å². The first-order valence-electron chi connectivity index (χ1n) is 9.15. The molecule has 1 aliphatic rings. The number of carbonyl (C=O) groups is 1. The highest BCUT2D eigenvalue weighted by atomic mass is 19.4. The van der Waals surface area contributed by atoms with Gasteiger partial charge in [-0.3, -0.25) is 4.79 Å². The summed E-state index contributed by atoms with van der Waals surface area (Å²) in [6.45, 7) is 1.23. The van der Waals surface area contributed by atoms with Crippen LogP contribution in [0.25, 0.3) is 22.1 Å². The molecule has 4 aromatic rings. The summed E-state index contributed by atoms with van der Waals surface area (Å²) in [6.07, 6.45) is -4.86. The van der Waals surface area contributed by atoms with E-state index in [1.165, 1.54) is 18.2 Å². The van der Waals surface area contributed by atoms with E-state index in [9.17, 15) is 18.0 Å². The quantitative estimate of drug-likeness (QED) is 0.439. The molecule has 0 atom stereocenters. The second kappa shape index (κ2) is 6.34. The van der Waals surface area contributed by atoms with Crippen molar-refractivity contribution in [3.63, 3.8) is 0 Å². The van der Waals surface area contributed by atoms with E-state index in [-0.39, 0.29) is 11.5 Å². The van der Waals surface area contributed by atoms with Crippen molar-refractivity contribution in [1.82, 2.24) is 4.98 Å². The fraction of sp³-hybridized carbons (Fsp3) is 0.182. The monoisotopic (exact) mass is 396 g/mol. The second-order valence-electron chi connectivity index (χ2n) is 7.17. The third kappa shape index (κ3) is 3.03. The molecule has 0 N–H and O–H groups in total. The smallest absolute Gasteiger partial charge is 0.438 e. The number of benzene rings is 2. The summed E-state index contributed by atoms with van der Waals surface area (Å²) in [7, 11) is 0. The Morgan fingerprint density at radius 3 is 2.59 bits per heavy atom. The third-order valence-corrected chi connectivity index (χ3v) is 5.31. The van der Waals surface area contributed by atoms with Crippen molar-refractivity contribution in [1.29, 1.82) is 0 Å². The van der Waals surface area contributed by atoms with Crippen molar-refractivity contribution >= 4 is 33.7 Å². The van der Waals surface area contributed by atoms with Gasteiger partial charge in [-0.15, -0.1) is 0 Å². The van der Waals surface area contributed by atoms with Gasteiger partial charge < -0.3 is 9.32 Å². The van der Waals surface area contributed by atoms with Crippen LogP contribution in [-0.4, -0.2) is 30.0 Å². The molecule has 1 aliphatic heterocycles. The number of hydrogen-bond acceptors (Lipinski definition) is 4. The van der Waals surface area contributed by atoms with E-state index in [1.54, 1.807) is 6.07 Å². The minimum atomic E-state index is -4.86. The number of Topliss-reactive ketones (excluding diaryl/α,β-unsaturated/α-hetero) is 1. The number of alkyl halides is 3. The third-order valence-electron chi connectivity index (χ3n) is 5.31. The Morgan fingerprint density at radius 1 is 1.00 bits per heavy atom. The molecule has 1 fully saturated rings. The minimum Gasteiger partial charge on any atom is -0.438 e. The summed E-state index contributed by atoms with van der Waals surface area (Å²) < 4.78 is 43.8. The Bertz CT molecular complexity index is 1240. The summed E-state index contributed by atoms with van der Waals surface area (Å²) >= 11 is 0. The number of para-hydroxylation sites is 1. The molecule has 0 unspecified atom stereocenters. The average Bonchev–Trinajstić information content (AvgIpc) is 3.03. The Morgan fingerprint density at radius 2 is 1.79 bits per heavy atom. The number of ketones is 1. The molecular formula is C22H15F3N2O2. The van der Waals surface area contributed by atoms with Gasteiger partial charge in [-0.2, -0.15) is 18.2 Å². The van der Waals surface area contributed by atoms with Crippen molar-refractivity contribution in [3.05, 3.63) is 71.8 Å². The van der Waals surface area contributed by atoms with Gasteiger partial charge in [0, 0.05) is 35.3 Å². The highest BCUT2D eigenvalue weighted by Gasteiger charge is 2.39. The Kier molecular flexibility index (Phi) is 3.87. The number of hydrogen-bond donors (Lipinski definition) is 0. The maximum absolute atomic E-state index is 12.7. The lowest BCUT2D eigenvalue weighted by molar-refractivity contribution is -0.0885. The van der Waals surface area contributed by atoms with E-state index in [2.05, 4.69) is 4.98 Å². The number of aromatic nitrogens is 1. The van der Waals surface area contributed by atoms with E-state index < -0.39 is 12.0 Å². The SMILES string of the molecule is O=C(c1cccc(C2CN(c3ccc4c(n3)oc3ccccc34)C2)c1)C(F)(F)F. The maximum atomic E-state index is 12.7. The van der Waals surface area contributed by atoms with E-state index in [0.717, 1.165) is 27.7 Å². The molecule has 0 spiro atoms. The first kappa shape index (κ1) is 17.7. The van der Waals surface area contributed by atoms with Crippen LogP contribution in [0.15, 0.2) is 65.1 Å². The van der Waals surface area contributed by atoms with Gasteiger partial charge in [0.1, 0.15) is 11.4 Å². The number of nitrogens with zero attached hydrogens (tertiary/aromatic N) is 2. The van der Waals surface area contributed by atoms with E-state index in [1.807, 2.05) is 41.3 Å². The molecule has 4 nitrogen and oxygen atoms in total. The standard InChI is InChI=1S/C22H15F3N2O2/c23-22(24,25)20(28)14-5-3-4-13(10-14)15-11-27(12-15)19-9-8-17-16-6-1-2-7-18(16)29-21(17)26-19/h1-10,15H,11-12H2. The first-order valence-corrected chi connectivity index (χ1v) is 9.15. The zero-order valence-corrected chi connectivity index (χ0v) is 15.1. The molecule has 2 aromatic heterocycles. The van der Waals surface area contributed by atoms with Crippen molar-refractivity contribution < 1.29 is 22.4 Å². The van der Waals surface area contributed by atoms with Crippen molar-refractivity contribution in [3.8, 4) is 0 Å². The van der Waals surface area contributed by atoms with Crippen LogP contribution in [0, 0.1) is 0 Å². The van der Waals surface area contributed by atoms with E-state index >= 15 is 0 Å². The van der Waals surface area contributed by atoms with Crippen molar-refractivity contribution in [2.75, 3.05) is 18.0 Å². The lowest BCUT2D eigenvalue weighted by Crippen LogP contribution is -2.45. The zero-order valence-electron chi connectivity index (χ0n) is 15.1. The average molecular weight is 396 g/mol. The number of pyridine rings is 1. The molecule has 5 rings (SSSR count). The van der Waals surface area contributed by atoms with Crippen LogP contribution in [0.4, 0.5) is 19.0 Å². The van der Waals surface area contributed by atoms with Crippen LogP contribution in [0.5, 0.6) is 0 Å². The van der Waals surface area contributed by atoms with Crippen LogP contribution < -0.4 is 4.90 Å². The largest absolute Gasteiger partial charge is 0.454 e. The zero-order chi connectivity index (χ0) is 20.2. The van der Waals surface area contributed by atoms with Gasteiger partial charge in [0.25, 0.3) is 5.78 Å². The molecule has 0 saturated carbocycles. The molecule has 0 aliphatic carbocycles. The number of fused-ring (bicyclic) bond motifs is 3. The van der Waals surface area contributed by atoms with Gasteiger partial charge in [-0.25, -0.2) is 0 Å². The van der Waals surface area contributed by atoms with Gasteiger partial charge in [0.05, 0.1) is 0 Å². The summed E-state index contributed by atoms with van der Waals surface area (Å²) in [5, 5.41) is 1.95. The first-order chi connectivity index (χ1) is 13.9. The number of carbonyl (C=O) groups excluding carboxylic acids is 1. The number of anilines is 1. The van der Waals surface area contributed by atoms with Gasteiger partial charge in [0.2, 0.25) is 5.71 Å². The number of rotatable bonds is 3. The maximum Gasteiger partial charge on any atom is 0.454 e. The minimum absolute atomic E-state index is 0.0455. The fourth-order valence-electron chi connectivity index (χ4n) is 3.75. The van der Waals surface area contributed by atoms with Crippen molar-refractivity contribution in [2.24, 2.45) is 0 Å². The highest BCUT2D eigenvalue weighted by molar-refractivity contribution is 6.03. The molecule has 0 amide bonds. The molecule has 2 aromatic carbocycles. The van der Waals surface area contributed by atoms with Crippen LogP contribution in [-0.2, 0) is 0 Å². The Labute approximate surface area is 163 Å². The van der Waals surface area contributed by atoms with Gasteiger partial charge >= 0.3 is 6.18 Å². The van der Waals surface area contributed by atoms with Crippen molar-refractivity contribution in [2.45, 2.75) is 12.1 Å². The summed E-state index contributed by atoms with van der Waals surface area (Å²) in [5.41, 5.74) is 1.74. The predicted molar refractivity (Wildman–Crippen MR) is 103 cm³/mol. The molecule has 7 heteroatoms. The van der Waals surface area contributed by atoms with Crippen LogP contribution in [0.3, 0.4) is 0 Å². The molecule has 0 radical (unpaired) electrons. The van der Waals surface area contributed by atoms with Crippen LogP contribution in [0.1, 0.15) is 21.8 Å². The second-order valence-corrected chi connectivity index (χ2v) is 7.17. The normalized spacial score (nSPS) is 15.1. The Balaban J connectivity index is 1.36. The molecule has 0 bridgehead atoms. The highest BCUT2D eigenvalue weighted by Crippen LogP contribution is 2.34. The fourth-order valence-corrected chi connectivity index (χ4v) is 3.75. The Hall–Kier alpha value is -3.35. The van der Waals surface area contributed by atoms with Gasteiger partial charge in [-0.1, -0.05) is 36.4 Å². The lowest BCUT2D eigenvalue weighted by atomic mass is 9.90. The van der Waals surface area contributed by atoms with Gasteiger partial charge in [0.15, 0.2) is 0 Å². The summed E-state index contributed by atoms with van der Waals surface area (Å²) in [5.74, 6) is -1.01. The van der Waals surface area contributed by atoms with E-state index in [0.29, 0.717) is 18.8 Å². The summed E-state index contributed by atoms with van der Waals surface area (Å²) in [6, 6.07) is 17.4. The summed E-state index contributed by atoms with van der Waals surface area (Å²) in [4.78, 5) is 18.1. The lowest BCUT2D eigenvalue weighted by Gasteiger charge is -2.40. The molecular weight excluding hydrogens is 381 g/mol. The number of halogens is 3. The number of furan rings is 1. The molecule has 1 saturated heterocycles. The molecule has 146 valence electrons. The van der Waals surface area contributed by atoms with Gasteiger partial charge in [-0.05, 0) is 29.8 Å². The topological polar surface area (TPSA) is 46.3 Å². The molecule has 3 heterocycles.